The fraction of sp³-hybridized carbons (Fsp3) is 0.353. The smallest absolute Gasteiger partial charge is 0.181 e. The second kappa shape index (κ2) is 7.09. The van der Waals surface area contributed by atoms with E-state index < -0.39 is 0 Å². The minimum absolute atomic E-state index is 0.326. The summed E-state index contributed by atoms with van der Waals surface area (Å²) in [4.78, 5) is 19.3. The van der Waals surface area contributed by atoms with Crippen molar-refractivity contribution in [2.45, 2.75) is 13.8 Å². The highest BCUT2D eigenvalue weighted by Gasteiger charge is 2.13. The molecule has 1 aromatic heterocycles. The number of benzene rings is 1. The third-order valence-electron chi connectivity index (χ3n) is 3.69. The maximum absolute atomic E-state index is 11.0. The second-order valence-corrected chi connectivity index (χ2v) is 5.75. The predicted octanol–water partition coefficient (Wildman–Crippen LogP) is 2.17. The topological polar surface area (TPSA) is 65.1 Å². The molecule has 0 fully saturated rings. The lowest BCUT2D eigenvalue weighted by Gasteiger charge is -2.28. The number of carbonyl (C=O) groups is 1. The third kappa shape index (κ3) is 3.97. The minimum Gasteiger partial charge on any atom is -0.380 e. The van der Waals surface area contributed by atoms with Gasteiger partial charge in [-0.05, 0) is 37.6 Å². The zero-order valence-corrected chi connectivity index (χ0v) is 14.1. The molecule has 2 rings (SSSR count). The van der Waals surface area contributed by atoms with Crippen LogP contribution < -0.4 is 4.90 Å². The number of H-pyrrole nitrogens is 1. The normalized spacial score (nSPS) is 10.4. The average molecular weight is 313 g/mol. The summed E-state index contributed by atoms with van der Waals surface area (Å²) in [6.45, 7) is 8.87. The molecule has 1 aromatic carbocycles. The number of nitrogens with one attached hydrogen (secondary N) is 1. The molecule has 0 unspecified atom stereocenters. The molecule has 6 heteroatoms. The van der Waals surface area contributed by atoms with Crippen LogP contribution in [0.3, 0.4) is 0 Å². The fourth-order valence-electron chi connectivity index (χ4n) is 2.32. The highest BCUT2D eigenvalue weighted by Crippen LogP contribution is 2.26. The van der Waals surface area contributed by atoms with Crippen molar-refractivity contribution in [3.05, 3.63) is 41.9 Å². The molecule has 1 N–H and O–H groups in total. The first-order chi connectivity index (χ1) is 10.9. The number of hydrogen-bond donors (Lipinski definition) is 1. The minimum atomic E-state index is 0.326. The van der Waals surface area contributed by atoms with Gasteiger partial charge in [-0.3, -0.25) is 5.10 Å². The van der Waals surface area contributed by atoms with Gasteiger partial charge < -0.3 is 14.6 Å². The number of nitrogens with zero attached hydrogens (tertiary/aromatic N) is 4. The average Bonchev–Trinajstić information content (AvgIpc) is 2.93. The van der Waals surface area contributed by atoms with Gasteiger partial charge >= 0.3 is 0 Å². The summed E-state index contributed by atoms with van der Waals surface area (Å²) in [7, 11) is 3.89. The molecular weight excluding hydrogens is 290 g/mol. The van der Waals surface area contributed by atoms with Crippen LogP contribution in [0.1, 0.15) is 11.4 Å². The Kier molecular flexibility index (Phi) is 5.16. The van der Waals surface area contributed by atoms with E-state index in [0.29, 0.717) is 18.9 Å². The number of carbonyl (C=O) groups excluding carboxylic acids is 1. The summed E-state index contributed by atoms with van der Waals surface area (Å²) in [5, 5.41) is 7.03. The number of likely N-dealkylation sites (N-methyl/N-ethyl adjacent to an activating group) is 1. The lowest BCUT2D eigenvalue weighted by atomic mass is 10.1. The van der Waals surface area contributed by atoms with E-state index in [2.05, 4.69) is 21.8 Å². The lowest BCUT2D eigenvalue weighted by molar-refractivity contribution is -0.106. The van der Waals surface area contributed by atoms with Crippen molar-refractivity contribution < 1.29 is 4.79 Å². The van der Waals surface area contributed by atoms with Crippen LogP contribution in [0.25, 0.3) is 11.4 Å². The van der Waals surface area contributed by atoms with Crippen molar-refractivity contribution in [2.75, 3.05) is 32.1 Å². The van der Waals surface area contributed by atoms with Crippen molar-refractivity contribution >= 4 is 12.0 Å². The Morgan fingerprint density at radius 3 is 2.61 bits per heavy atom. The van der Waals surface area contributed by atoms with E-state index in [1.165, 1.54) is 0 Å². The van der Waals surface area contributed by atoms with Gasteiger partial charge in [-0.25, -0.2) is 4.98 Å². The zero-order valence-electron chi connectivity index (χ0n) is 14.1. The Bertz CT molecular complexity index is 705. The number of hydrogen-bond acceptors (Lipinski definition) is 5. The summed E-state index contributed by atoms with van der Waals surface area (Å²) < 4.78 is 0. The molecule has 0 bridgehead atoms. The van der Waals surface area contributed by atoms with E-state index >= 15 is 0 Å². The van der Waals surface area contributed by atoms with E-state index in [1.807, 2.05) is 55.9 Å². The van der Waals surface area contributed by atoms with Gasteiger partial charge in [-0.2, -0.15) is 5.10 Å². The van der Waals surface area contributed by atoms with E-state index in [9.17, 15) is 4.79 Å². The van der Waals surface area contributed by atoms with Crippen LogP contribution in [0.2, 0.25) is 0 Å². The van der Waals surface area contributed by atoms with Crippen LogP contribution in [-0.4, -0.2) is 53.6 Å². The van der Waals surface area contributed by atoms with E-state index in [0.717, 1.165) is 34.6 Å². The molecule has 0 radical (unpaired) electrons. The Morgan fingerprint density at radius 1 is 1.35 bits per heavy atom. The van der Waals surface area contributed by atoms with Crippen molar-refractivity contribution in [2.24, 2.45) is 0 Å². The maximum atomic E-state index is 11.0. The molecule has 6 nitrogen and oxygen atoms in total. The number of aryl methyl sites for hydroxylation is 2. The van der Waals surface area contributed by atoms with Crippen LogP contribution in [0.4, 0.5) is 5.69 Å². The number of rotatable bonds is 7. The number of aldehydes is 1. The predicted molar refractivity (Wildman–Crippen MR) is 92.4 cm³/mol. The fourth-order valence-corrected chi connectivity index (χ4v) is 2.32. The first-order valence-electron chi connectivity index (χ1n) is 7.46. The molecule has 122 valence electrons. The molecule has 0 aliphatic carbocycles. The quantitative estimate of drug-likeness (QED) is 0.794. The van der Waals surface area contributed by atoms with Crippen LogP contribution in [0.5, 0.6) is 0 Å². The molecule has 1 heterocycles. The first kappa shape index (κ1) is 16.7. The molecule has 0 aliphatic heterocycles. The van der Waals surface area contributed by atoms with E-state index in [1.54, 1.807) is 0 Å². The third-order valence-corrected chi connectivity index (χ3v) is 3.69. The van der Waals surface area contributed by atoms with Crippen molar-refractivity contribution in [3.8, 4) is 11.4 Å². The van der Waals surface area contributed by atoms with Gasteiger partial charge in [0.15, 0.2) is 5.82 Å². The summed E-state index contributed by atoms with van der Waals surface area (Å²) in [6, 6.07) is 6.01. The second-order valence-electron chi connectivity index (χ2n) is 5.75. The van der Waals surface area contributed by atoms with Crippen molar-refractivity contribution in [3.63, 3.8) is 0 Å². The van der Waals surface area contributed by atoms with Crippen LogP contribution in [0.15, 0.2) is 30.5 Å². The molecule has 23 heavy (non-hydrogen) atoms. The lowest BCUT2D eigenvalue weighted by Crippen LogP contribution is -2.31. The van der Waals surface area contributed by atoms with Gasteiger partial charge in [0, 0.05) is 31.0 Å². The van der Waals surface area contributed by atoms with Gasteiger partial charge in [-0.1, -0.05) is 6.58 Å². The summed E-state index contributed by atoms with van der Waals surface area (Å²) >= 11 is 0. The van der Waals surface area contributed by atoms with Crippen molar-refractivity contribution in [1.82, 2.24) is 20.1 Å². The Labute approximate surface area is 136 Å². The molecule has 0 saturated carbocycles. The van der Waals surface area contributed by atoms with Crippen LogP contribution in [0, 0.1) is 13.8 Å². The molecular formula is C17H23N5O. The Hall–Kier alpha value is -2.63. The molecule has 0 atom stereocenters. The Balaban J connectivity index is 2.29. The Morgan fingerprint density at radius 2 is 2.09 bits per heavy atom. The molecule has 0 saturated heterocycles. The van der Waals surface area contributed by atoms with E-state index in [-0.39, 0.29) is 0 Å². The van der Waals surface area contributed by atoms with Gasteiger partial charge in [-0.15, -0.1) is 0 Å². The van der Waals surface area contributed by atoms with Gasteiger partial charge in [0.1, 0.15) is 12.1 Å². The molecule has 0 amide bonds. The molecule has 0 aliphatic rings. The number of aromatic amines is 1. The summed E-state index contributed by atoms with van der Waals surface area (Å²) in [6.07, 6.45) is 0.912. The summed E-state index contributed by atoms with van der Waals surface area (Å²) in [5.41, 5.74) is 3.97. The highest BCUT2D eigenvalue weighted by molar-refractivity contribution is 5.68. The van der Waals surface area contributed by atoms with Gasteiger partial charge in [0.2, 0.25) is 0 Å². The van der Waals surface area contributed by atoms with Gasteiger partial charge in [0.05, 0.1) is 13.1 Å². The van der Waals surface area contributed by atoms with Crippen molar-refractivity contribution in [1.29, 1.82) is 0 Å². The number of aromatic nitrogens is 3. The monoisotopic (exact) mass is 313 g/mol. The van der Waals surface area contributed by atoms with Crippen LogP contribution >= 0.6 is 0 Å². The first-order valence-corrected chi connectivity index (χ1v) is 7.46. The van der Waals surface area contributed by atoms with Gasteiger partial charge in [0.25, 0.3) is 0 Å². The number of anilines is 1. The molecule has 2 aromatic rings. The SMILES string of the molecule is C=C(CN(CC=O)c1ccc(-c2n[nH]c(C)n2)cc1C)N(C)C. The largest absolute Gasteiger partial charge is 0.380 e. The molecule has 0 spiro atoms. The standard InChI is InChI=1S/C17H23N5O/c1-12-10-15(17-18-14(3)19-20-17)6-7-16(12)22(8-9-23)11-13(2)21(4)5/h6-7,9-10H,2,8,11H2,1,3-5H3,(H,18,19,20). The maximum Gasteiger partial charge on any atom is 0.181 e. The highest BCUT2D eigenvalue weighted by atomic mass is 16.1. The van der Waals surface area contributed by atoms with E-state index in [4.69, 9.17) is 0 Å². The van der Waals surface area contributed by atoms with Crippen LogP contribution in [-0.2, 0) is 4.79 Å². The summed E-state index contributed by atoms with van der Waals surface area (Å²) in [5.74, 6) is 1.46. The zero-order chi connectivity index (χ0) is 17.0.